The molecule has 0 bridgehead atoms. The Balaban J connectivity index is 1.36. The largest absolute Gasteiger partial charge is 0.309 e. The second-order valence-corrected chi connectivity index (χ2v) is 11.9. The van der Waals surface area contributed by atoms with Gasteiger partial charge in [0.25, 0.3) is 5.69 Å². The third kappa shape index (κ3) is 4.08. The van der Waals surface area contributed by atoms with Crippen molar-refractivity contribution in [1.82, 2.24) is 9.55 Å². The number of nitro groups is 1. The lowest BCUT2D eigenvalue weighted by Crippen LogP contribution is -1.95. The summed E-state index contributed by atoms with van der Waals surface area (Å²) in [4.78, 5) is 15.8. The van der Waals surface area contributed by atoms with Gasteiger partial charge in [-0.1, -0.05) is 78.9 Å². The van der Waals surface area contributed by atoms with Crippen LogP contribution >= 0.6 is 0 Å². The van der Waals surface area contributed by atoms with Crippen LogP contribution in [0.4, 0.5) is 5.69 Å². The Morgan fingerprint density at radius 3 is 1.92 bits per heavy atom. The molecule has 2 aromatic heterocycles. The van der Waals surface area contributed by atoms with Crippen molar-refractivity contribution in [2.24, 2.45) is 0 Å². The van der Waals surface area contributed by atoms with E-state index in [9.17, 15) is 15.4 Å². The second kappa shape index (κ2) is 10.6. The summed E-state index contributed by atoms with van der Waals surface area (Å²) in [5, 5.41) is 28.8. The molecule has 0 saturated carbocycles. The van der Waals surface area contributed by atoms with Crippen molar-refractivity contribution in [3.05, 3.63) is 161 Å². The van der Waals surface area contributed by atoms with E-state index in [0.29, 0.717) is 5.56 Å². The van der Waals surface area contributed by atoms with E-state index < -0.39 is 4.92 Å². The van der Waals surface area contributed by atoms with Gasteiger partial charge in [-0.05, 0) is 86.8 Å². The molecule has 9 aromatic rings. The quantitative estimate of drug-likeness (QED) is 0.112. The lowest BCUT2D eigenvalue weighted by molar-refractivity contribution is -0.384. The number of pyridine rings is 1. The second-order valence-electron chi connectivity index (χ2n) is 11.9. The summed E-state index contributed by atoms with van der Waals surface area (Å²) in [6.07, 6.45) is 1.85. The number of nitriles is 1. The lowest BCUT2D eigenvalue weighted by Gasteiger charge is -2.18. The molecule has 6 nitrogen and oxygen atoms in total. The molecule has 0 aliphatic carbocycles. The van der Waals surface area contributed by atoms with Gasteiger partial charge in [0.2, 0.25) is 0 Å². The maximum atomic E-state index is 11.4. The molecule has 6 heteroatoms. The van der Waals surface area contributed by atoms with Crippen LogP contribution in [0.3, 0.4) is 0 Å². The fraction of sp³-hybridized carbons (Fsp3) is 0. The Hall–Kier alpha value is -6.84. The molecule has 0 radical (unpaired) electrons. The highest BCUT2D eigenvalue weighted by Gasteiger charge is 2.20. The molecule has 7 aromatic carbocycles. The fourth-order valence-corrected chi connectivity index (χ4v) is 7.29. The number of benzene rings is 7. The van der Waals surface area contributed by atoms with Crippen molar-refractivity contribution in [3.63, 3.8) is 0 Å². The zero-order chi connectivity index (χ0) is 32.4. The van der Waals surface area contributed by atoms with Crippen LogP contribution in [0.25, 0.3) is 82.2 Å². The van der Waals surface area contributed by atoms with Gasteiger partial charge in [0, 0.05) is 45.7 Å². The number of hydrogen-bond acceptors (Lipinski definition) is 4. The van der Waals surface area contributed by atoms with Crippen molar-refractivity contribution in [3.8, 4) is 34.0 Å². The Morgan fingerprint density at radius 2 is 1.25 bits per heavy atom. The van der Waals surface area contributed by atoms with Crippen LogP contribution in [0.1, 0.15) is 5.56 Å². The van der Waals surface area contributed by atoms with Crippen LogP contribution in [0.15, 0.2) is 146 Å². The van der Waals surface area contributed by atoms with Crippen LogP contribution in [0.2, 0.25) is 0 Å². The maximum Gasteiger partial charge on any atom is 0.269 e. The van der Waals surface area contributed by atoms with E-state index in [0.717, 1.165) is 82.2 Å². The molecule has 0 unspecified atom stereocenters. The van der Waals surface area contributed by atoms with E-state index in [4.69, 9.17) is 4.98 Å². The molecule has 224 valence electrons. The van der Waals surface area contributed by atoms with Crippen LogP contribution in [-0.2, 0) is 0 Å². The van der Waals surface area contributed by atoms with Gasteiger partial charge < -0.3 is 4.57 Å². The molecule has 48 heavy (non-hydrogen) atoms. The van der Waals surface area contributed by atoms with E-state index in [2.05, 4.69) is 102 Å². The fourth-order valence-electron chi connectivity index (χ4n) is 7.29. The Labute approximate surface area is 274 Å². The first-order valence-electron chi connectivity index (χ1n) is 15.6. The van der Waals surface area contributed by atoms with Crippen molar-refractivity contribution in [1.29, 1.82) is 5.26 Å². The minimum Gasteiger partial charge on any atom is -0.309 e. The molecule has 0 atom stereocenters. The summed E-state index contributed by atoms with van der Waals surface area (Å²) in [7, 11) is 0. The number of nitrogens with zero attached hydrogens (tertiary/aromatic N) is 4. The molecular weight excluding hydrogens is 592 g/mol. The van der Waals surface area contributed by atoms with Crippen molar-refractivity contribution in [2.75, 3.05) is 0 Å². The van der Waals surface area contributed by atoms with Crippen molar-refractivity contribution < 1.29 is 4.92 Å². The summed E-state index contributed by atoms with van der Waals surface area (Å²) in [5.41, 5.74) is 8.69. The van der Waals surface area contributed by atoms with E-state index >= 15 is 0 Å². The number of rotatable bonds is 4. The number of fused-ring (bicyclic) bond motifs is 6. The van der Waals surface area contributed by atoms with Gasteiger partial charge >= 0.3 is 0 Å². The zero-order valence-electron chi connectivity index (χ0n) is 25.5. The smallest absolute Gasteiger partial charge is 0.269 e. The summed E-state index contributed by atoms with van der Waals surface area (Å²) >= 11 is 0. The molecule has 0 aliphatic rings. The molecule has 0 fully saturated rings. The monoisotopic (exact) mass is 616 g/mol. The summed E-state index contributed by atoms with van der Waals surface area (Å²) in [6.45, 7) is 0. The first-order chi connectivity index (χ1) is 23.6. The third-order valence-electron chi connectivity index (χ3n) is 9.34. The first kappa shape index (κ1) is 27.5. The van der Waals surface area contributed by atoms with Gasteiger partial charge in [0.15, 0.2) is 0 Å². The molecule has 0 aliphatic heterocycles. The van der Waals surface area contributed by atoms with E-state index in [-0.39, 0.29) is 5.69 Å². The summed E-state index contributed by atoms with van der Waals surface area (Å²) in [5.74, 6) is 0. The van der Waals surface area contributed by atoms with E-state index in [1.165, 1.54) is 12.1 Å². The topological polar surface area (TPSA) is 84.8 Å². The van der Waals surface area contributed by atoms with Gasteiger partial charge in [0.05, 0.1) is 33.1 Å². The maximum absolute atomic E-state index is 11.4. The highest BCUT2D eigenvalue weighted by atomic mass is 16.6. The molecule has 9 rings (SSSR count). The van der Waals surface area contributed by atoms with Crippen LogP contribution < -0.4 is 0 Å². The van der Waals surface area contributed by atoms with Gasteiger partial charge in [-0.3, -0.25) is 15.1 Å². The van der Waals surface area contributed by atoms with Crippen molar-refractivity contribution >= 4 is 59.9 Å². The van der Waals surface area contributed by atoms with Crippen LogP contribution in [0.5, 0.6) is 0 Å². The molecule has 0 amide bonds. The summed E-state index contributed by atoms with van der Waals surface area (Å²) < 4.78 is 2.10. The van der Waals surface area contributed by atoms with Crippen LogP contribution in [-0.4, -0.2) is 14.5 Å². The number of hydrogen-bond donors (Lipinski definition) is 0. The minimum absolute atomic E-state index is 0.0371. The average Bonchev–Trinajstić information content (AvgIpc) is 3.46. The average molecular weight is 617 g/mol. The Bertz CT molecular complexity index is 2760. The lowest BCUT2D eigenvalue weighted by atomic mass is 9.85. The molecule has 0 saturated heterocycles. The Kier molecular flexibility index (Phi) is 6.08. The molecule has 0 spiro atoms. The third-order valence-corrected chi connectivity index (χ3v) is 9.34. The minimum atomic E-state index is -0.391. The Morgan fingerprint density at radius 1 is 0.625 bits per heavy atom. The van der Waals surface area contributed by atoms with E-state index in [1.807, 2.05) is 30.5 Å². The normalized spacial score (nSPS) is 11.5. The highest BCUT2D eigenvalue weighted by Crippen LogP contribution is 2.46. The molecule has 0 N–H and O–H groups in total. The van der Waals surface area contributed by atoms with Gasteiger partial charge in [-0.2, -0.15) is 5.26 Å². The zero-order valence-corrected chi connectivity index (χ0v) is 25.5. The molecule has 2 heterocycles. The number of para-hydroxylation sites is 1. The van der Waals surface area contributed by atoms with Crippen molar-refractivity contribution in [2.45, 2.75) is 0 Å². The van der Waals surface area contributed by atoms with Gasteiger partial charge in [-0.15, -0.1) is 0 Å². The number of nitro benzene ring substituents is 1. The summed E-state index contributed by atoms with van der Waals surface area (Å²) in [6, 6.07) is 48.6. The van der Waals surface area contributed by atoms with Gasteiger partial charge in [-0.25, -0.2) is 0 Å². The predicted octanol–water partition coefficient (Wildman–Crippen LogP) is 10.8. The first-order valence-corrected chi connectivity index (χ1v) is 15.6. The van der Waals surface area contributed by atoms with Crippen LogP contribution in [0, 0.1) is 21.4 Å². The predicted molar refractivity (Wildman–Crippen MR) is 193 cm³/mol. The SMILES string of the molecule is N#Cc1ccc2c(c1)c1cc(-c3c4ccccc4c(-c4cccc5cccnc45)c4ccccc34)ccc1n2-c1ccc([N+](=O)[O-])cc1. The van der Waals surface area contributed by atoms with E-state index in [1.54, 1.807) is 12.1 Å². The number of aromatic nitrogens is 2. The van der Waals surface area contributed by atoms with Gasteiger partial charge in [0.1, 0.15) is 0 Å². The highest BCUT2D eigenvalue weighted by molar-refractivity contribution is 6.24. The standard InChI is InChI=1S/C42H24N4O2/c43-25-26-14-20-38-36(23-26)37-24-28(15-21-39(37)45(38)29-16-18-30(19-17-29)46(47)48)40-31-9-1-3-11-33(31)41(34-12-4-2-10-32(34)40)35-13-5-7-27-8-6-22-44-42(27)35/h1-24H. The number of non-ortho nitro benzene ring substituents is 1. The molecular formula is C42H24N4O2.